The van der Waals surface area contributed by atoms with Gasteiger partial charge < -0.3 is 10.4 Å². The van der Waals surface area contributed by atoms with Gasteiger partial charge in [0.2, 0.25) is 5.91 Å². The minimum absolute atomic E-state index is 0.0508. The highest BCUT2D eigenvalue weighted by Crippen LogP contribution is 2.38. The number of carbonyl (C=O) groups is 2. The van der Waals surface area contributed by atoms with E-state index >= 15 is 0 Å². The molecule has 1 aliphatic heterocycles. The van der Waals surface area contributed by atoms with E-state index in [-0.39, 0.29) is 29.3 Å². The molecule has 2 N–H and O–H groups in total. The molecule has 0 spiro atoms. The highest BCUT2D eigenvalue weighted by atomic mass is 16.3. The van der Waals surface area contributed by atoms with Crippen LogP contribution in [-0.4, -0.2) is 44.4 Å². The predicted molar refractivity (Wildman–Crippen MR) is 130 cm³/mol. The molecule has 1 aromatic rings. The molecule has 1 fully saturated rings. The van der Waals surface area contributed by atoms with Crippen molar-refractivity contribution in [3.8, 4) is 12.3 Å². The van der Waals surface area contributed by atoms with E-state index < -0.39 is 5.92 Å². The highest BCUT2D eigenvalue weighted by molar-refractivity contribution is 6.17. The Bertz CT molecular complexity index is 1240. The predicted octanol–water partition coefficient (Wildman–Crippen LogP) is 3.14. The average molecular weight is 459 g/mol. The highest BCUT2D eigenvalue weighted by Gasteiger charge is 2.38. The monoisotopic (exact) mass is 458 g/mol. The quantitative estimate of drug-likeness (QED) is 0.666. The third-order valence-corrected chi connectivity index (χ3v) is 7.19. The maximum absolute atomic E-state index is 13.0. The number of ketones is 1. The SMILES string of the molecule is C#CC1=CC2=CC(n3nc(C)c4c3CC(C)(C)CC4=O)=CC(=NC3CCC(O)CC3)C2C(=O)N1. The van der Waals surface area contributed by atoms with E-state index in [9.17, 15) is 14.7 Å². The Balaban J connectivity index is 1.63. The van der Waals surface area contributed by atoms with Crippen LogP contribution in [0, 0.1) is 30.6 Å². The van der Waals surface area contributed by atoms with Gasteiger partial charge >= 0.3 is 0 Å². The van der Waals surface area contributed by atoms with E-state index in [0.29, 0.717) is 36.2 Å². The Morgan fingerprint density at radius 1 is 1.18 bits per heavy atom. The zero-order valence-electron chi connectivity index (χ0n) is 19.9. The molecule has 176 valence electrons. The Labute approximate surface area is 199 Å². The van der Waals surface area contributed by atoms with Crippen molar-refractivity contribution in [2.75, 3.05) is 0 Å². The molecule has 1 amide bonds. The number of Topliss-reactive ketones (excluding diaryl/α,β-unsaturated/α-hetero) is 1. The van der Waals surface area contributed by atoms with Crippen LogP contribution in [0.5, 0.6) is 0 Å². The van der Waals surface area contributed by atoms with Gasteiger partial charge in [-0.15, -0.1) is 6.42 Å². The number of hydrogen-bond donors (Lipinski definition) is 2. The summed E-state index contributed by atoms with van der Waals surface area (Å²) in [7, 11) is 0. The molecule has 2 heterocycles. The number of aliphatic hydroxyl groups excluding tert-OH is 1. The summed E-state index contributed by atoms with van der Waals surface area (Å²) >= 11 is 0. The summed E-state index contributed by atoms with van der Waals surface area (Å²) in [5.41, 5.74) is 4.82. The molecule has 7 nitrogen and oxygen atoms in total. The van der Waals surface area contributed by atoms with Crippen molar-refractivity contribution < 1.29 is 14.7 Å². The van der Waals surface area contributed by atoms with Crippen LogP contribution in [0.2, 0.25) is 0 Å². The van der Waals surface area contributed by atoms with Gasteiger partial charge in [0.1, 0.15) is 5.92 Å². The fourth-order valence-corrected chi connectivity index (χ4v) is 5.58. The second-order valence-corrected chi connectivity index (χ2v) is 10.6. The molecule has 1 atom stereocenters. The van der Waals surface area contributed by atoms with Gasteiger partial charge in [0.15, 0.2) is 5.78 Å². The normalized spacial score (nSPS) is 29.3. The minimum atomic E-state index is -0.543. The summed E-state index contributed by atoms with van der Waals surface area (Å²) in [6.07, 6.45) is 15.2. The Kier molecular flexibility index (Phi) is 5.44. The topological polar surface area (TPSA) is 96.6 Å². The third kappa shape index (κ3) is 3.97. The molecule has 0 bridgehead atoms. The number of aromatic nitrogens is 2. The van der Waals surface area contributed by atoms with Crippen molar-refractivity contribution in [1.29, 1.82) is 0 Å². The number of fused-ring (bicyclic) bond motifs is 2. The Hall–Kier alpha value is -3.24. The summed E-state index contributed by atoms with van der Waals surface area (Å²) in [6.45, 7) is 6.07. The number of nitrogens with one attached hydrogen (secondary N) is 1. The van der Waals surface area contributed by atoms with Crippen LogP contribution in [0.25, 0.3) is 5.70 Å². The van der Waals surface area contributed by atoms with Gasteiger partial charge in [-0.25, -0.2) is 4.68 Å². The van der Waals surface area contributed by atoms with E-state index in [2.05, 4.69) is 25.1 Å². The number of aliphatic imine (C=N–C) groups is 1. The lowest BCUT2D eigenvalue weighted by Gasteiger charge is -2.31. The number of rotatable bonds is 2. The number of terminal acetylenes is 1. The number of carbonyl (C=O) groups excluding carboxylic acids is 2. The van der Waals surface area contributed by atoms with Gasteiger partial charge in [-0.3, -0.25) is 14.6 Å². The van der Waals surface area contributed by atoms with Crippen molar-refractivity contribution >= 4 is 23.1 Å². The van der Waals surface area contributed by atoms with Crippen LogP contribution in [0.3, 0.4) is 0 Å². The lowest BCUT2D eigenvalue weighted by atomic mass is 9.75. The van der Waals surface area contributed by atoms with Crippen molar-refractivity contribution in [1.82, 2.24) is 15.1 Å². The van der Waals surface area contributed by atoms with Crippen molar-refractivity contribution in [3.63, 3.8) is 0 Å². The second kappa shape index (κ2) is 8.21. The maximum atomic E-state index is 13.0. The molecule has 4 aliphatic rings. The second-order valence-electron chi connectivity index (χ2n) is 10.6. The zero-order valence-corrected chi connectivity index (χ0v) is 19.9. The third-order valence-electron chi connectivity index (χ3n) is 7.19. The first kappa shape index (κ1) is 22.5. The van der Waals surface area contributed by atoms with Gasteiger partial charge in [-0.1, -0.05) is 19.8 Å². The fourth-order valence-electron chi connectivity index (χ4n) is 5.58. The van der Waals surface area contributed by atoms with E-state index in [0.717, 1.165) is 41.9 Å². The molecule has 0 aromatic carbocycles. The minimum Gasteiger partial charge on any atom is -0.393 e. The number of hydrogen-bond acceptors (Lipinski definition) is 5. The van der Waals surface area contributed by atoms with E-state index in [4.69, 9.17) is 16.5 Å². The van der Waals surface area contributed by atoms with Gasteiger partial charge in [0.05, 0.1) is 46.2 Å². The smallest absolute Gasteiger partial charge is 0.238 e. The van der Waals surface area contributed by atoms with E-state index in [1.807, 2.05) is 29.8 Å². The van der Waals surface area contributed by atoms with Crippen molar-refractivity contribution in [2.24, 2.45) is 16.3 Å². The first-order valence-electron chi connectivity index (χ1n) is 12.0. The Morgan fingerprint density at radius 2 is 1.91 bits per heavy atom. The molecule has 7 heteroatoms. The van der Waals surface area contributed by atoms with E-state index in [1.165, 1.54) is 0 Å². The average Bonchev–Trinajstić information content (AvgIpc) is 3.09. The largest absolute Gasteiger partial charge is 0.393 e. The molecule has 0 saturated heterocycles. The number of aliphatic hydroxyl groups is 1. The summed E-state index contributed by atoms with van der Waals surface area (Å²) < 4.78 is 1.85. The molecule has 5 rings (SSSR count). The number of amides is 1. The molecular formula is C27H30N4O3. The number of allylic oxidation sites excluding steroid dienone is 5. The summed E-state index contributed by atoms with van der Waals surface area (Å²) in [5.74, 6) is 1.91. The van der Waals surface area contributed by atoms with Gasteiger partial charge in [0, 0.05) is 6.42 Å². The summed E-state index contributed by atoms with van der Waals surface area (Å²) in [4.78, 5) is 30.9. The first-order valence-corrected chi connectivity index (χ1v) is 12.0. The van der Waals surface area contributed by atoms with Crippen LogP contribution >= 0.6 is 0 Å². The van der Waals surface area contributed by atoms with Crippen molar-refractivity contribution in [2.45, 2.75) is 71.4 Å². The fraction of sp³-hybridized carbons (Fsp3) is 0.481. The molecule has 1 aromatic heterocycles. The molecular weight excluding hydrogens is 428 g/mol. The van der Waals surface area contributed by atoms with E-state index in [1.54, 1.807) is 0 Å². The summed E-state index contributed by atoms with van der Waals surface area (Å²) in [6, 6.07) is 0.0508. The van der Waals surface area contributed by atoms with Gasteiger partial charge in [0.25, 0.3) is 0 Å². The molecule has 34 heavy (non-hydrogen) atoms. The lowest BCUT2D eigenvalue weighted by molar-refractivity contribution is -0.121. The molecule has 0 radical (unpaired) electrons. The Morgan fingerprint density at radius 3 is 2.62 bits per heavy atom. The number of aryl methyl sites for hydroxylation is 1. The van der Waals surface area contributed by atoms with Crippen molar-refractivity contribution in [3.05, 3.63) is 46.4 Å². The van der Waals surface area contributed by atoms with Gasteiger partial charge in [-0.2, -0.15) is 5.10 Å². The molecule has 1 unspecified atom stereocenters. The van der Waals surface area contributed by atoms with Crippen LogP contribution in [0.15, 0.2) is 34.5 Å². The number of nitrogens with zero attached hydrogens (tertiary/aromatic N) is 3. The van der Waals surface area contributed by atoms with Crippen LogP contribution in [-0.2, 0) is 11.2 Å². The summed E-state index contributed by atoms with van der Waals surface area (Å²) in [5, 5.41) is 17.4. The van der Waals surface area contributed by atoms with Crippen LogP contribution < -0.4 is 5.32 Å². The standard InChI is InChI=1S/C27H30N4O3/c1-5-17-10-16-11-19(31-22-13-27(3,4)14-23(33)24(22)15(2)30-31)12-21(25(16)26(34)29-17)28-18-6-8-20(32)9-7-18/h1,10-12,18,20,25,32H,6-9,13-14H2,2-4H3,(H,29,34). The zero-order chi connectivity index (χ0) is 24.2. The van der Waals surface area contributed by atoms with Gasteiger partial charge in [-0.05, 0) is 68.2 Å². The maximum Gasteiger partial charge on any atom is 0.238 e. The van der Waals surface area contributed by atoms with Crippen LogP contribution in [0.4, 0.5) is 0 Å². The molecule has 3 aliphatic carbocycles. The first-order chi connectivity index (χ1) is 16.1. The van der Waals surface area contributed by atoms with Crippen LogP contribution in [0.1, 0.15) is 67.7 Å². The molecule has 1 saturated carbocycles. The lowest BCUT2D eigenvalue weighted by Crippen LogP contribution is -2.40.